The minimum atomic E-state index is -3.73. The number of fused-ring (bicyclic) bond motifs is 1. The van der Waals surface area contributed by atoms with E-state index in [2.05, 4.69) is 5.32 Å². The monoisotopic (exact) mass is 444 g/mol. The lowest BCUT2D eigenvalue weighted by Gasteiger charge is -2.19. The van der Waals surface area contributed by atoms with Crippen LogP contribution in [-0.4, -0.2) is 42.6 Å². The lowest BCUT2D eigenvalue weighted by molar-refractivity contribution is -0.116. The Hall–Kier alpha value is -2.71. The Morgan fingerprint density at radius 3 is 2.42 bits per heavy atom. The molecule has 7 nitrogen and oxygen atoms in total. The van der Waals surface area contributed by atoms with Crippen LogP contribution in [-0.2, 0) is 27.7 Å². The highest BCUT2D eigenvalue weighted by Gasteiger charge is 2.23. The largest absolute Gasteiger partial charge is 0.506 e. The summed E-state index contributed by atoms with van der Waals surface area (Å²) in [5.41, 5.74) is 3.09. The molecule has 0 atom stereocenters. The van der Waals surface area contributed by atoms with Crippen LogP contribution in [0.15, 0.2) is 41.3 Å². The lowest BCUT2D eigenvalue weighted by atomic mass is 10.0. The summed E-state index contributed by atoms with van der Waals surface area (Å²) in [6.07, 6.45) is 3.08. The van der Waals surface area contributed by atoms with Crippen molar-refractivity contribution in [2.45, 2.75) is 50.8 Å². The van der Waals surface area contributed by atoms with E-state index < -0.39 is 15.9 Å². The van der Waals surface area contributed by atoms with E-state index in [4.69, 9.17) is 0 Å². The fraction of sp³-hybridized carbons (Fsp3) is 0.391. The number of rotatable bonds is 9. The third kappa shape index (κ3) is 5.14. The first-order chi connectivity index (χ1) is 14.8. The summed E-state index contributed by atoms with van der Waals surface area (Å²) in [6, 6.07) is 9.48. The minimum absolute atomic E-state index is 0.00297. The van der Waals surface area contributed by atoms with Crippen LogP contribution < -0.4 is 5.32 Å². The molecule has 0 bridgehead atoms. The number of Topliss-reactive ketones (excluding diaryl/α,β-unsaturated/α-hetero) is 1. The fourth-order valence-corrected chi connectivity index (χ4v) is 5.30. The summed E-state index contributed by atoms with van der Waals surface area (Å²) in [7, 11) is -3.73. The second-order valence-electron chi connectivity index (χ2n) is 7.58. The van der Waals surface area contributed by atoms with Gasteiger partial charge in [0.1, 0.15) is 5.75 Å². The van der Waals surface area contributed by atoms with E-state index in [1.54, 1.807) is 19.9 Å². The number of hydrogen-bond donors (Lipinski definition) is 2. The Balaban J connectivity index is 1.66. The van der Waals surface area contributed by atoms with E-state index in [1.807, 2.05) is 12.1 Å². The molecule has 2 N–H and O–H groups in total. The van der Waals surface area contributed by atoms with Gasteiger partial charge in [-0.3, -0.25) is 9.59 Å². The first kappa shape index (κ1) is 23.0. The molecular weight excluding hydrogens is 416 g/mol. The first-order valence-corrected chi connectivity index (χ1v) is 12.0. The summed E-state index contributed by atoms with van der Waals surface area (Å²) < 4.78 is 26.7. The number of phenolic OH excluding ortho intramolecular Hbond substituents is 1. The number of nitrogens with zero attached hydrogens (tertiary/aromatic N) is 1. The van der Waals surface area contributed by atoms with E-state index in [0.717, 1.165) is 19.3 Å². The summed E-state index contributed by atoms with van der Waals surface area (Å²) >= 11 is 0. The number of aryl methyl sites for hydroxylation is 2. The molecule has 8 heteroatoms. The van der Waals surface area contributed by atoms with E-state index in [1.165, 1.54) is 33.6 Å². The Morgan fingerprint density at radius 1 is 1.00 bits per heavy atom. The van der Waals surface area contributed by atoms with E-state index in [0.29, 0.717) is 18.7 Å². The normalized spacial score (nSPS) is 13.3. The summed E-state index contributed by atoms with van der Waals surface area (Å²) in [5, 5.41) is 12.6. The minimum Gasteiger partial charge on any atom is -0.506 e. The van der Waals surface area contributed by atoms with Crippen LogP contribution in [0.4, 0.5) is 5.69 Å². The van der Waals surface area contributed by atoms with Gasteiger partial charge in [0.05, 0.1) is 10.6 Å². The molecule has 3 rings (SSSR count). The molecule has 0 spiro atoms. The van der Waals surface area contributed by atoms with Crippen molar-refractivity contribution < 1.29 is 23.1 Å². The van der Waals surface area contributed by atoms with Crippen molar-refractivity contribution in [3.8, 4) is 5.75 Å². The molecule has 0 saturated carbocycles. The fourth-order valence-electron chi connectivity index (χ4n) is 3.82. The number of hydrogen-bond acceptors (Lipinski definition) is 5. The van der Waals surface area contributed by atoms with E-state index in [-0.39, 0.29) is 35.0 Å². The number of anilines is 1. The summed E-state index contributed by atoms with van der Waals surface area (Å²) in [4.78, 5) is 24.8. The van der Waals surface area contributed by atoms with Gasteiger partial charge in [-0.05, 0) is 54.7 Å². The second kappa shape index (κ2) is 9.62. The predicted octanol–water partition coefficient (Wildman–Crippen LogP) is 3.51. The number of nitrogens with one attached hydrogen (secondary N) is 1. The van der Waals surface area contributed by atoms with Crippen molar-refractivity contribution in [1.29, 1.82) is 0 Å². The molecule has 2 aromatic carbocycles. The van der Waals surface area contributed by atoms with Crippen LogP contribution in [0.3, 0.4) is 0 Å². The third-order valence-corrected chi connectivity index (χ3v) is 7.63. The molecule has 0 saturated heterocycles. The number of sulfonamides is 1. The van der Waals surface area contributed by atoms with Crippen LogP contribution in [0.5, 0.6) is 5.75 Å². The first-order valence-electron chi connectivity index (χ1n) is 10.5. The average molecular weight is 445 g/mol. The molecule has 31 heavy (non-hydrogen) atoms. The molecule has 0 heterocycles. The van der Waals surface area contributed by atoms with E-state index in [9.17, 15) is 23.1 Å². The summed E-state index contributed by atoms with van der Waals surface area (Å²) in [5.74, 6) is -0.828. The highest BCUT2D eigenvalue weighted by Crippen LogP contribution is 2.28. The molecule has 0 fully saturated rings. The smallest absolute Gasteiger partial charge is 0.243 e. The molecule has 0 unspecified atom stereocenters. The number of ketones is 1. The Kier molecular flexibility index (Phi) is 7.12. The third-order valence-electron chi connectivity index (χ3n) is 5.58. The van der Waals surface area contributed by atoms with E-state index >= 15 is 0 Å². The maximum Gasteiger partial charge on any atom is 0.243 e. The highest BCUT2D eigenvalue weighted by atomic mass is 32.2. The Morgan fingerprint density at radius 2 is 1.71 bits per heavy atom. The van der Waals surface area contributed by atoms with Crippen molar-refractivity contribution in [2.75, 3.05) is 18.4 Å². The van der Waals surface area contributed by atoms with Gasteiger partial charge in [0.2, 0.25) is 15.9 Å². The molecule has 0 radical (unpaired) electrons. The van der Waals surface area contributed by atoms with Gasteiger partial charge in [0.25, 0.3) is 0 Å². The standard InChI is InChI=1S/C23H28N2O5S/c1-3-25(4-2)31(29,30)19-10-11-22(27)20(15-19)24-23(28)13-12-21(26)18-9-8-16-6-5-7-17(16)14-18/h8-11,14-15,27H,3-7,12-13H2,1-2H3,(H,24,28). The van der Waals surface area contributed by atoms with Crippen molar-refractivity contribution >= 4 is 27.4 Å². The number of carbonyl (C=O) groups is 2. The maximum atomic E-state index is 12.7. The lowest BCUT2D eigenvalue weighted by Crippen LogP contribution is -2.30. The zero-order chi connectivity index (χ0) is 22.6. The molecule has 0 aromatic heterocycles. The van der Waals surface area contributed by atoms with Crippen LogP contribution >= 0.6 is 0 Å². The molecular formula is C23H28N2O5S. The van der Waals surface area contributed by atoms with Gasteiger partial charge >= 0.3 is 0 Å². The second-order valence-corrected chi connectivity index (χ2v) is 9.51. The topological polar surface area (TPSA) is 104 Å². The Bertz CT molecular complexity index is 1090. The van der Waals surface area contributed by atoms with Gasteiger partial charge in [-0.1, -0.05) is 26.0 Å². The maximum absolute atomic E-state index is 12.7. The molecule has 2 aromatic rings. The quantitative estimate of drug-likeness (QED) is 0.455. The highest BCUT2D eigenvalue weighted by molar-refractivity contribution is 7.89. The Labute approximate surface area is 183 Å². The zero-order valence-electron chi connectivity index (χ0n) is 17.8. The molecule has 1 aliphatic rings. The summed E-state index contributed by atoms with van der Waals surface area (Å²) in [6.45, 7) is 4.10. The van der Waals surface area contributed by atoms with Gasteiger partial charge < -0.3 is 10.4 Å². The number of amides is 1. The SMILES string of the molecule is CCN(CC)S(=O)(=O)c1ccc(O)c(NC(=O)CCC(=O)c2ccc3c(c2)CCC3)c1. The number of aromatic hydroxyl groups is 1. The van der Waals surface area contributed by atoms with Crippen molar-refractivity contribution in [3.05, 3.63) is 53.1 Å². The number of benzene rings is 2. The van der Waals surface area contributed by atoms with Crippen LogP contribution in [0.1, 0.15) is 54.6 Å². The van der Waals surface area contributed by atoms with Gasteiger partial charge in [-0.2, -0.15) is 4.31 Å². The number of phenols is 1. The van der Waals surface area contributed by atoms with Crippen molar-refractivity contribution in [3.63, 3.8) is 0 Å². The van der Waals surface area contributed by atoms with Crippen molar-refractivity contribution in [1.82, 2.24) is 4.31 Å². The van der Waals surface area contributed by atoms with Crippen molar-refractivity contribution in [2.24, 2.45) is 0 Å². The van der Waals surface area contributed by atoms with Crippen LogP contribution in [0, 0.1) is 0 Å². The van der Waals surface area contributed by atoms with Gasteiger partial charge in [-0.15, -0.1) is 0 Å². The average Bonchev–Trinajstić information content (AvgIpc) is 3.22. The zero-order valence-corrected chi connectivity index (χ0v) is 18.7. The van der Waals surface area contributed by atoms with Crippen LogP contribution in [0.25, 0.3) is 0 Å². The van der Waals surface area contributed by atoms with Gasteiger partial charge in [0, 0.05) is 31.5 Å². The molecule has 1 amide bonds. The molecule has 166 valence electrons. The van der Waals surface area contributed by atoms with Gasteiger partial charge in [0.15, 0.2) is 5.78 Å². The molecule has 1 aliphatic carbocycles. The van der Waals surface area contributed by atoms with Crippen LogP contribution in [0.2, 0.25) is 0 Å². The predicted molar refractivity (Wildman–Crippen MR) is 119 cm³/mol. The number of carbonyl (C=O) groups excluding carboxylic acids is 2. The van der Waals surface area contributed by atoms with Gasteiger partial charge in [-0.25, -0.2) is 8.42 Å². The molecule has 0 aliphatic heterocycles.